The number of nitrogens with one attached hydrogen (secondary N) is 1. The van der Waals surface area contributed by atoms with Crippen LogP contribution in [-0.4, -0.2) is 36.6 Å². The fraction of sp³-hybridized carbons (Fsp3) is 0.400. The van der Waals surface area contributed by atoms with Crippen LogP contribution in [-0.2, 0) is 4.74 Å². The van der Waals surface area contributed by atoms with Crippen molar-refractivity contribution >= 4 is 34.2 Å². The monoisotopic (exact) mass is 432 g/mol. The molecule has 1 saturated carbocycles. The van der Waals surface area contributed by atoms with Crippen LogP contribution in [0.15, 0.2) is 42.5 Å². The number of anilines is 2. The minimum atomic E-state index is 0.474. The Kier molecular flexibility index (Phi) is 5.80. The van der Waals surface area contributed by atoms with Gasteiger partial charge in [0.1, 0.15) is 6.07 Å². The minimum Gasteiger partial charge on any atom is -0.378 e. The molecule has 2 heterocycles. The Balaban J connectivity index is 1.62. The maximum Gasteiger partial charge on any atom is 0.102 e. The molecule has 5 rings (SSSR count). The summed E-state index contributed by atoms with van der Waals surface area (Å²) in [5.74, 6) is 1.02. The Morgan fingerprint density at radius 2 is 1.90 bits per heavy atom. The largest absolute Gasteiger partial charge is 0.378 e. The molecule has 2 fully saturated rings. The smallest absolute Gasteiger partial charge is 0.102 e. The lowest BCUT2D eigenvalue weighted by atomic mass is 9.92. The lowest BCUT2D eigenvalue weighted by Gasteiger charge is -2.31. The molecule has 0 atom stereocenters. The summed E-state index contributed by atoms with van der Waals surface area (Å²) < 4.78 is 11.3. The third-order valence-corrected chi connectivity index (χ3v) is 7.08. The molecule has 2 aliphatic rings. The van der Waals surface area contributed by atoms with Crippen LogP contribution in [0.4, 0.5) is 11.4 Å². The standard InChI is InChI=1S/C25H28N4OS/c1-2-31-27-19-8-6-18(7-9-19)25-23(17-26)22-16-21(28-12-14-30-15-13-28)10-11-24(22)29(25)20-4-3-5-20/h6-11,16,20,27H,2-5,12-15H2,1H3. The fourth-order valence-corrected chi connectivity index (χ4v) is 5.04. The van der Waals surface area contributed by atoms with E-state index in [9.17, 15) is 5.26 Å². The number of hydrogen-bond donors (Lipinski definition) is 1. The van der Waals surface area contributed by atoms with E-state index in [-0.39, 0.29) is 0 Å². The maximum atomic E-state index is 10.2. The molecule has 160 valence electrons. The lowest BCUT2D eigenvalue weighted by Crippen LogP contribution is -2.36. The number of aromatic nitrogens is 1. The van der Waals surface area contributed by atoms with Crippen molar-refractivity contribution in [3.05, 3.63) is 48.0 Å². The van der Waals surface area contributed by atoms with Crippen LogP contribution >= 0.6 is 11.9 Å². The molecule has 0 bridgehead atoms. The van der Waals surface area contributed by atoms with E-state index < -0.39 is 0 Å². The van der Waals surface area contributed by atoms with Crippen LogP contribution in [0.3, 0.4) is 0 Å². The van der Waals surface area contributed by atoms with Gasteiger partial charge in [-0.25, -0.2) is 0 Å². The first-order valence-corrected chi connectivity index (χ1v) is 12.2. The second kappa shape index (κ2) is 8.86. The van der Waals surface area contributed by atoms with Gasteiger partial charge in [-0.05, 0) is 55.2 Å². The number of morpholine rings is 1. The molecule has 0 radical (unpaired) electrons. The van der Waals surface area contributed by atoms with Crippen LogP contribution in [0.25, 0.3) is 22.2 Å². The zero-order chi connectivity index (χ0) is 21.2. The molecular weight excluding hydrogens is 404 g/mol. The van der Waals surface area contributed by atoms with Crippen molar-refractivity contribution in [1.82, 2.24) is 4.57 Å². The average molecular weight is 433 g/mol. The van der Waals surface area contributed by atoms with Gasteiger partial charge in [0.25, 0.3) is 0 Å². The average Bonchev–Trinajstić information content (AvgIpc) is 3.10. The van der Waals surface area contributed by atoms with Gasteiger partial charge in [0.15, 0.2) is 0 Å². The van der Waals surface area contributed by atoms with Crippen LogP contribution in [0.1, 0.15) is 37.8 Å². The quantitative estimate of drug-likeness (QED) is 0.497. The molecular formula is C25H28N4OS. The summed E-state index contributed by atoms with van der Waals surface area (Å²) in [5.41, 5.74) is 6.42. The number of rotatable bonds is 6. The summed E-state index contributed by atoms with van der Waals surface area (Å²) in [6.45, 7) is 5.44. The van der Waals surface area contributed by atoms with Crippen molar-refractivity contribution in [1.29, 1.82) is 5.26 Å². The Bertz CT molecular complexity index is 1110. The van der Waals surface area contributed by atoms with E-state index in [0.717, 1.165) is 60.0 Å². The molecule has 0 spiro atoms. The van der Waals surface area contributed by atoms with Gasteiger partial charge in [0.05, 0.1) is 30.0 Å². The van der Waals surface area contributed by atoms with Crippen molar-refractivity contribution in [3.8, 4) is 17.3 Å². The van der Waals surface area contributed by atoms with E-state index in [2.05, 4.69) is 69.6 Å². The second-order valence-electron chi connectivity index (χ2n) is 8.20. The predicted molar refractivity (Wildman–Crippen MR) is 130 cm³/mol. The van der Waals surface area contributed by atoms with Gasteiger partial charge < -0.3 is 18.9 Å². The zero-order valence-corrected chi connectivity index (χ0v) is 18.8. The molecule has 1 aliphatic carbocycles. The molecule has 5 nitrogen and oxygen atoms in total. The third-order valence-electron chi connectivity index (χ3n) is 6.41. The highest BCUT2D eigenvalue weighted by Crippen LogP contribution is 2.43. The molecule has 31 heavy (non-hydrogen) atoms. The van der Waals surface area contributed by atoms with Crippen LogP contribution in [0.5, 0.6) is 0 Å². The van der Waals surface area contributed by atoms with Crippen molar-refractivity contribution in [2.75, 3.05) is 41.7 Å². The third kappa shape index (κ3) is 3.77. The maximum absolute atomic E-state index is 10.2. The van der Waals surface area contributed by atoms with E-state index in [4.69, 9.17) is 4.74 Å². The van der Waals surface area contributed by atoms with Crippen molar-refractivity contribution in [2.24, 2.45) is 0 Å². The normalized spacial score (nSPS) is 16.8. The predicted octanol–water partition coefficient (Wildman–Crippen LogP) is 5.82. The highest BCUT2D eigenvalue weighted by atomic mass is 32.2. The van der Waals surface area contributed by atoms with Gasteiger partial charge >= 0.3 is 0 Å². The van der Waals surface area contributed by atoms with Crippen LogP contribution in [0.2, 0.25) is 0 Å². The van der Waals surface area contributed by atoms with Gasteiger partial charge in [-0.15, -0.1) is 0 Å². The van der Waals surface area contributed by atoms with Crippen LogP contribution < -0.4 is 9.62 Å². The summed E-state index contributed by atoms with van der Waals surface area (Å²) >= 11 is 1.69. The highest BCUT2D eigenvalue weighted by molar-refractivity contribution is 8.00. The molecule has 1 aromatic heterocycles. The zero-order valence-electron chi connectivity index (χ0n) is 17.9. The Hall–Kier alpha value is -2.62. The summed E-state index contributed by atoms with van der Waals surface area (Å²) in [4.78, 5) is 2.36. The first kappa shape index (κ1) is 20.3. The molecule has 1 aliphatic heterocycles. The molecule has 0 amide bonds. The Morgan fingerprint density at radius 3 is 2.55 bits per heavy atom. The molecule has 1 N–H and O–H groups in total. The molecule has 1 saturated heterocycles. The minimum absolute atomic E-state index is 0.474. The first-order valence-electron chi connectivity index (χ1n) is 11.2. The van der Waals surface area contributed by atoms with E-state index in [0.29, 0.717) is 6.04 Å². The van der Waals surface area contributed by atoms with E-state index in [1.807, 2.05) is 0 Å². The van der Waals surface area contributed by atoms with E-state index in [1.165, 1.54) is 30.5 Å². The van der Waals surface area contributed by atoms with Gasteiger partial charge in [-0.2, -0.15) is 5.26 Å². The van der Waals surface area contributed by atoms with Crippen molar-refractivity contribution in [2.45, 2.75) is 32.2 Å². The summed E-state index contributed by atoms with van der Waals surface area (Å²) in [7, 11) is 0. The number of ether oxygens (including phenoxy) is 1. The van der Waals surface area contributed by atoms with Crippen LogP contribution in [0, 0.1) is 11.3 Å². The number of nitrogens with zero attached hydrogens (tertiary/aromatic N) is 3. The van der Waals surface area contributed by atoms with Gasteiger partial charge in [0, 0.05) is 41.6 Å². The second-order valence-corrected chi connectivity index (χ2v) is 9.27. The summed E-state index contributed by atoms with van der Waals surface area (Å²) in [6, 6.07) is 18.2. The Morgan fingerprint density at radius 1 is 1.13 bits per heavy atom. The van der Waals surface area contributed by atoms with Gasteiger partial charge in [-0.3, -0.25) is 0 Å². The molecule has 3 aromatic rings. The van der Waals surface area contributed by atoms with Crippen molar-refractivity contribution in [3.63, 3.8) is 0 Å². The molecule has 2 aromatic carbocycles. The topological polar surface area (TPSA) is 53.2 Å². The summed E-state index contributed by atoms with van der Waals surface area (Å²) in [6.07, 6.45) is 3.62. The lowest BCUT2D eigenvalue weighted by molar-refractivity contribution is 0.122. The first-order chi connectivity index (χ1) is 15.3. The van der Waals surface area contributed by atoms with E-state index in [1.54, 1.807) is 11.9 Å². The van der Waals surface area contributed by atoms with Crippen molar-refractivity contribution < 1.29 is 4.74 Å². The highest BCUT2D eigenvalue weighted by Gasteiger charge is 2.28. The molecule has 6 heteroatoms. The number of benzene rings is 2. The van der Waals surface area contributed by atoms with E-state index >= 15 is 0 Å². The molecule has 0 unspecified atom stereocenters. The fourth-order valence-electron chi connectivity index (χ4n) is 4.59. The number of hydrogen-bond acceptors (Lipinski definition) is 5. The number of fused-ring (bicyclic) bond motifs is 1. The summed E-state index contributed by atoms with van der Waals surface area (Å²) in [5, 5.41) is 11.3. The van der Waals surface area contributed by atoms with Gasteiger partial charge in [-0.1, -0.05) is 31.0 Å². The van der Waals surface area contributed by atoms with Gasteiger partial charge in [0.2, 0.25) is 0 Å². The Labute approximate surface area is 188 Å². The number of nitriles is 1. The SMILES string of the molecule is CCSNc1ccc(-c2c(C#N)c3cc(N4CCOCC4)ccc3n2C2CCC2)cc1.